The summed E-state index contributed by atoms with van der Waals surface area (Å²) in [4.78, 5) is 4.44. The molecule has 94 valence electrons. The number of hydrogen-bond acceptors (Lipinski definition) is 5. The second kappa shape index (κ2) is 4.42. The zero-order chi connectivity index (χ0) is 12.5. The fraction of sp³-hybridized carbons (Fsp3) is 0.385. The van der Waals surface area contributed by atoms with Crippen molar-refractivity contribution in [3.05, 3.63) is 29.7 Å². The summed E-state index contributed by atoms with van der Waals surface area (Å²) in [5.41, 5.74) is 2.01. The quantitative estimate of drug-likeness (QED) is 0.892. The molecule has 1 aliphatic rings. The Kier molecular flexibility index (Phi) is 2.76. The normalized spacial score (nSPS) is 15.4. The van der Waals surface area contributed by atoms with Gasteiger partial charge in [0.05, 0.1) is 18.6 Å². The van der Waals surface area contributed by atoms with Crippen LogP contribution >= 0.6 is 0 Å². The number of aryl methyl sites for hydroxylation is 1. The molecule has 0 bridgehead atoms. The summed E-state index contributed by atoms with van der Waals surface area (Å²) in [5.74, 6) is 2.41. The van der Waals surface area contributed by atoms with E-state index in [9.17, 15) is 0 Å². The number of aromatic nitrogens is 2. The van der Waals surface area contributed by atoms with Crippen LogP contribution in [0.2, 0.25) is 0 Å². The molecule has 2 aromatic rings. The zero-order valence-electron chi connectivity index (χ0n) is 10.4. The first-order valence-electron chi connectivity index (χ1n) is 5.97. The number of nitrogens with one attached hydrogen (secondary N) is 1. The van der Waals surface area contributed by atoms with Gasteiger partial charge in [0.15, 0.2) is 0 Å². The van der Waals surface area contributed by atoms with Gasteiger partial charge in [0.25, 0.3) is 0 Å². The molecule has 0 spiro atoms. The Bertz CT molecular complexity index is 561. The van der Waals surface area contributed by atoms with Crippen LogP contribution in [0, 0.1) is 6.92 Å². The summed E-state index contributed by atoms with van der Waals surface area (Å²) >= 11 is 0. The van der Waals surface area contributed by atoms with Crippen LogP contribution in [0.5, 0.6) is 5.75 Å². The molecule has 1 fully saturated rings. The van der Waals surface area contributed by atoms with E-state index in [0.717, 1.165) is 30.0 Å². The van der Waals surface area contributed by atoms with Crippen molar-refractivity contribution >= 4 is 0 Å². The molecule has 3 rings (SSSR count). The fourth-order valence-corrected chi connectivity index (χ4v) is 1.96. The van der Waals surface area contributed by atoms with E-state index in [4.69, 9.17) is 9.26 Å². The highest BCUT2D eigenvalue weighted by Crippen LogP contribution is 2.30. The molecular weight excluding hydrogens is 230 g/mol. The van der Waals surface area contributed by atoms with Gasteiger partial charge in [-0.05, 0) is 24.6 Å². The summed E-state index contributed by atoms with van der Waals surface area (Å²) in [5, 5.41) is 7.22. The van der Waals surface area contributed by atoms with Crippen molar-refractivity contribution in [1.29, 1.82) is 0 Å². The molecule has 1 aliphatic heterocycles. The smallest absolute Gasteiger partial charge is 0.232 e. The lowest BCUT2D eigenvalue weighted by atomic mass is 10.0. The summed E-state index contributed by atoms with van der Waals surface area (Å²) in [6, 6.07) is 5.94. The molecule has 0 unspecified atom stereocenters. The van der Waals surface area contributed by atoms with Gasteiger partial charge in [0.2, 0.25) is 11.7 Å². The van der Waals surface area contributed by atoms with Crippen LogP contribution in [0.15, 0.2) is 22.7 Å². The van der Waals surface area contributed by atoms with Crippen molar-refractivity contribution < 1.29 is 9.26 Å². The number of nitrogens with zero attached hydrogens (tertiary/aromatic N) is 2. The second-order valence-corrected chi connectivity index (χ2v) is 4.52. The number of benzene rings is 1. The molecule has 5 heteroatoms. The van der Waals surface area contributed by atoms with Gasteiger partial charge in [-0.15, -0.1) is 0 Å². The van der Waals surface area contributed by atoms with Crippen LogP contribution in [0.25, 0.3) is 11.4 Å². The van der Waals surface area contributed by atoms with Gasteiger partial charge in [-0.25, -0.2) is 0 Å². The molecule has 2 heterocycles. The Labute approximate surface area is 105 Å². The Hall–Kier alpha value is -1.88. The van der Waals surface area contributed by atoms with Gasteiger partial charge in [-0.2, -0.15) is 4.98 Å². The summed E-state index contributed by atoms with van der Waals surface area (Å²) in [7, 11) is 1.65. The predicted octanol–water partition coefficient (Wildman–Crippen LogP) is 1.74. The number of ether oxygens (including phenoxy) is 1. The lowest BCUT2D eigenvalue weighted by molar-refractivity contribution is 0.308. The third-order valence-electron chi connectivity index (χ3n) is 3.17. The third kappa shape index (κ3) is 1.86. The Morgan fingerprint density at radius 1 is 1.39 bits per heavy atom. The maximum atomic E-state index is 5.36. The van der Waals surface area contributed by atoms with E-state index >= 15 is 0 Å². The summed E-state index contributed by atoms with van der Waals surface area (Å²) < 4.78 is 10.7. The van der Waals surface area contributed by atoms with Gasteiger partial charge >= 0.3 is 0 Å². The van der Waals surface area contributed by atoms with Gasteiger partial charge in [-0.1, -0.05) is 11.2 Å². The van der Waals surface area contributed by atoms with E-state index in [1.54, 1.807) is 7.11 Å². The zero-order valence-corrected chi connectivity index (χ0v) is 10.4. The van der Waals surface area contributed by atoms with Gasteiger partial charge < -0.3 is 14.6 Å². The van der Waals surface area contributed by atoms with E-state index in [2.05, 4.69) is 15.5 Å². The van der Waals surface area contributed by atoms with Crippen LogP contribution in [0.1, 0.15) is 17.4 Å². The number of hydrogen-bond donors (Lipinski definition) is 1. The van der Waals surface area contributed by atoms with Crippen LogP contribution in [0.4, 0.5) is 0 Å². The second-order valence-electron chi connectivity index (χ2n) is 4.52. The molecular formula is C13H15N3O2. The third-order valence-corrected chi connectivity index (χ3v) is 3.17. The van der Waals surface area contributed by atoms with Crippen LogP contribution in [-0.4, -0.2) is 30.3 Å². The standard InChI is InChI=1S/C13H15N3O2/c1-8-3-4-10(11(5-8)17-2)12-15-13(18-16-12)9-6-14-7-9/h3-5,9,14H,6-7H2,1-2H3. The minimum Gasteiger partial charge on any atom is -0.496 e. The molecule has 1 N–H and O–H groups in total. The molecule has 0 atom stereocenters. The van der Waals surface area contributed by atoms with E-state index in [1.807, 2.05) is 25.1 Å². The molecule has 0 aliphatic carbocycles. The van der Waals surface area contributed by atoms with Crippen molar-refractivity contribution in [2.75, 3.05) is 20.2 Å². The highest BCUT2D eigenvalue weighted by molar-refractivity contribution is 5.64. The highest BCUT2D eigenvalue weighted by atomic mass is 16.5. The molecule has 0 amide bonds. The van der Waals surface area contributed by atoms with Crippen LogP contribution in [0.3, 0.4) is 0 Å². The fourth-order valence-electron chi connectivity index (χ4n) is 1.96. The monoisotopic (exact) mass is 245 g/mol. The van der Waals surface area contributed by atoms with E-state index in [0.29, 0.717) is 17.6 Å². The first-order chi connectivity index (χ1) is 8.78. The lowest BCUT2D eigenvalue weighted by Gasteiger charge is -2.22. The Morgan fingerprint density at radius 3 is 2.89 bits per heavy atom. The van der Waals surface area contributed by atoms with Crippen molar-refractivity contribution in [2.45, 2.75) is 12.8 Å². The van der Waals surface area contributed by atoms with Crippen LogP contribution in [-0.2, 0) is 0 Å². The maximum absolute atomic E-state index is 5.36. The highest BCUT2D eigenvalue weighted by Gasteiger charge is 2.25. The van der Waals surface area contributed by atoms with Crippen molar-refractivity contribution in [2.24, 2.45) is 0 Å². The van der Waals surface area contributed by atoms with E-state index in [1.165, 1.54) is 0 Å². The number of methoxy groups -OCH3 is 1. The minimum absolute atomic E-state index is 0.350. The molecule has 18 heavy (non-hydrogen) atoms. The SMILES string of the molecule is COc1cc(C)ccc1-c1noc(C2CNC2)n1. The molecule has 1 saturated heterocycles. The summed E-state index contributed by atoms with van der Waals surface area (Å²) in [6.45, 7) is 3.84. The van der Waals surface area contributed by atoms with Crippen molar-refractivity contribution in [3.63, 3.8) is 0 Å². The van der Waals surface area contributed by atoms with Crippen molar-refractivity contribution in [1.82, 2.24) is 15.5 Å². The number of rotatable bonds is 3. The first-order valence-corrected chi connectivity index (χ1v) is 5.97. The van der Waals surface area contributed by atoms with Gasteiger partial charge in [0.1, 0.15) is 5.75 Å². The lowest BCUT2D eigenvalue weighted by Crippen LogP contribution is -2.40. The Balaban J connectivity index is 1.96. The van der Waals surface area contributed by atoms with E-state index < -0.39 is 0 Å². The predicted molar refractivity (Wildman–Crippen MR) is 66.6 cm³/mol. The first kappa shape index (κ1) is 11.2. The average Bonchev–Trinajstić information content (AvgIpc) is 2.75. The molecule has 1 aromatic heterocycles. The minimum atomic E-state index is 0.350. The average molecular weight is 245 g/mol. The van der Waals surface area contributed by atoms with Crippen molar-refractivity contribution in [3.8, 4) is 17.1 Å². The topological polar surface area (TPSA) is 60.2 Å². The van der Waals surface area contributed by atoms with Crippen LogP contribution < -0.4 is 10.1 Å². The largest absolute Gasteiger partial charge is 0.496 e. The molecule has 0 saturated carbocycles. The molecule has 1 aromatic carbocycles. The molecule has 0 radical (unpaired) electrons. The summed E-state index contributed by atoms with van der Waals surface area (Å²) in [6.07, 6.45) is 0. The Morgan fingerprint density at radius 2 is 2.22 bits per heavy atom. The van der Waals surface area contributed by atoms with Gasteiger partial charge in [-0.3, -0.25) is 0 Å². The maximum Gasteiger partial charge on any atom is 0.232 e. The molecule has 5 nitrogen and oxygen atoms in total. The van der Waals surface area contributed by atoms with E-state index in [-0.39, 0.29) is 0 Å². The van der Waals surface area contributed by atoms with Gasteiger partial charge in [0, 0.05) is 13.1 Å².